The Morgan fingerprint density at radius 1 is 1.17 bits per heavy atom. The van der Waals surface area contributed by atoms with Gasteiger partial charge in [0.05, 0.1) is 18.4 Å². The fourth-order valence-corrected chi connectivity index (χ4v) is 3.48. The summed E-state index contributed by atoms with van der Waals surface area (Å²) in [6.45, 7) is 0. The number of nitrogens with one attached hydrogen (secondary N) is 2. The van der Waals surface area contributed by atoms with E-state index in [0.717, 1.165) is 0 Å². The first-order chi connectivity index (χ1) is 10.9. The van der Waals surface area contributed by atoms with Crippen LogP contribution in [0.4, 0.5) is 5.69 Å². The van der Waals surface area contributed by atoms with E-state index < -0.39 is 15.9 Å². The minimum Gasteiger partial charge on any atom is -0.495 e. The van der Waals surface area contributed by atoms with Crippen LogP contribution in [-0.2, 0) is 10.0 Å². The minimum absolute atomic E-state index is 0.112. The number of benzene rings is 2. The van der Waals surface area contributed by atoms with E-state index in [2.05, 4.69) is 10.0 Å². The zero-order valence-corrected chi connectivity index (χ0v) is 14.0. The van der Waals surface area contributed by atoms with Gasteiger partial charge in [0.1, 0.15) is 10.6 Å². The van der Waals surface area contributed by atoms with E-state index in [1.165, 1.54) is 44.5 Å². The Labute approximate surface area is 139 Å². The number of sulfonamides is 1. The summed E-state index contributed by atoms with van der Waals surface area (Å²) in [4.78, 5) is 11.7. The molecule has 23 heavy (non-hydrogen) atoms. The zero-order chi connectivity index (χ0) is 17.0. The van der Waals surface area contributed by atoms with Crippen molar-refractivity contribution in [3.05, 3.63) is 53.1 Å². The summed E-state index contributed by atoms with van der Waals surface area (Å²) in [6.07, 6.45) is 0. The van der Waals surface area contributed by atoms with Crippen molar-refractivity contribution in [1.82, 2.24) is 5.32 Å². The Hall–Kier alpha value is -2.25. The maximum Gasteiger partial charge on any atom is 0.265 e. The molecule has 2 aromatic carbocycles. The van der Waals surface area contributed by atoms with Crippen molar-refractivity contribution in [2.24, 2.45) is 0 Å². The fourth-order valence-electron chi connectivity index (χ4n) is 1.97. The van der Waals surface area contributed by atoms with Crippen molar-refractivity contribution >= 4 is 33.2 Å². The second-order valence-corrected chi connectivity index (χ2v) is 6.61. The van der Waals surface area contributed by atoms with E-state index >= 15 is 0 Å². The Bertz CT molecular complexity index is 837. The van der Waals surface area contributed by atoms with Crippen LogP contribution in [0.2, 0.25) is 5.02 Å². The molecule has 8 heteroatoms. The molecule has 2 aromatic rings. The van der Waals surface area contributed by atoms with Crippen molar-refractivity contribution in [2.75, 3.05) is 18.9 Å². The van der Waals surface area contributed by atoms with Gasteiger partial charge in [0, 0.05) is 12.1 Å². The predicted octanol–water partition coefficient (Wildman–Crippen LogP) is 2.51. The molecule has 0 aromatic heterocycles. The third-order valence-corrected chi connectivity index (χ3v) is 4.68. The molecule has 0 aliphatic carbocycles. The van der Waals surface area contributed by atoms with Gasteiger partial charge in [0.25, 0.3) is 15.9 Å². The lowest BCUT2D eigenvalue weighted by atomic mass is 10.2. The molecule has 0 heterocycles. The Balaban J connectivity index is 2.48. The van der Waals surface area contributed by atoms with Crippen molar-refractivity contribution in [3.63, 3.8) is 0 Å². The van der Waals surface area contributed by atoms with Gasteiger partial charge < -0.3 is 10.1 Å². The van der Waals surface area contributed by atoms with Crippen LogP contribution in [-0.4, -0.2) is 28.5 Å². The maximum atomic E-state index is 12.6. The van der Waals surface area contributed by atoms with Crippen LogP contribution in [0.25, 0.3) is 0 Å². The minimum atomic E-state index is -3.98. The average Bonchev–Trinajstić information content (AvgIpc) is 2.54. The third-order valence-electron chi connectivity index (χ3n) is 3.06. The highest BCUT2D eigenvalue weighted by molar-refractivity contribution is 7.92. The second kappa shape index (κ2) is 6.89. The number of hydrogen-bond acceptors (Lipinski definition) is 4. The molecular weight excluding hydrogens is 340 g/mol. The highest BCUT2D eigenvalue weighted by Gasteiger charge is 2.22. The molecule has 6 nitrogen and oxygen atoms in total. The summed E-state index contributed by atoms with van der Waals surface area (Å²) >= 11 is 5.88. The van der Waals surface area contributed by atoms with Gasteiger partial charge in [-0.05, 0) is 30.3 Å². The number of carbonyl (C=O) groups excluding carboxylic acids is 1. The highest BCUT2D eigenvalue weighted by Crippen LogP contribution is 2.29. The molecule has 0 fully saturated rings. The summed E-state index contributed by atoms with van der Waals surface area (Å²) in [7, 11) is -1.15. The first kappa shape index (κ1) is 17.1. The van der Waals surface area contributed by atoms with Crippen LogP contribution >= 0.6 is 11.6 Å². The molecule has 122 valence electrons. The first-order valence-corrected chi connectivity index (χ1v) is 8.42. The van der Waals surface area contributed by atoms with Crippen molar-refractivity contribution in [2.45, 2.75) is 4.90 Å². The third kappa shape index (κ3) is 3.75. The lowest BCUT2D eigenvalue weighted by Crippen LogP contribution is -2.21. The monoisotopic (exact) mass is 354 g/mol. The Kier molecular flexibility index (Phi) is 5.12. The quantitative estimate of drug-likeness (QED) is 0.864. The van der Waals surface area contributed by atoms with Gasteiger partial charge in [-0.25, -0.2) is 8.42 Å². The number of methoxy groups -OCH3 is 1. The normalized spacial score (nSPS) is 10.9. The zero-order valence-electron chi connectivity index (χ0n) is 12.5. The first-order valence-electron chi connectivity index (χ1n) is 6.56. The van der Waals surface area contributed by atoms with E-state index in [-0.39, 0.29) is 26.9 Å². The van der Waals surface area contributed by atoms with Gasteiger partial charge in [-0.2, -0.15) is 0 Å². The number of halogens is 1. The molecule has 0 atom stereocenters. The largest absolute Gasteiger partial charge is 0.495 e. The number of hydrogen-bond donors (Lipinski definition) is 2. The summed E-state index contributed by atoms with van der Waals surface area (Å²) in [5.74, 6) is -0.249. The van der Waals surface area contributed by atoms with Gasteiger partial charge in [0.15, 0.2) is 0 Å². The molecule has 0 aliphatic heterocycles. The topological polar surface area (TPSA) is 84.5 Å². The van der Waals surface area contributed by atoms with Crippen LogP contribution in [0.1, 0.15) is 10.4 Å². The van der Waals surface area contributed by atoms with Crippen molar-refractivity contribution < 1.29 is 17.9 Å². The summed E-state index contributed by atoms with van der Waals surface area (Å²) in [5, 5.41) is 2.71. The Morgan fingerprint density at radius 2 is 1.87 bits per heavy atom. The van der Waals surface area contributed by atoms with Crippen molar-refractivity contribution in [3.8, 4) is 5.75 Å². The predicted molar refractivity (Wildman–Crippen MR) is 88.6 cm³/mol. The van der Waals surface area contributed by atoms with Crippen LogP contribution < -0.4 is 14.8 Å². The number of anilines is 1. The lowest BCUT2D eigenvalue weighted by Gasteiger charge is -2.14. The van der Waals surface area contributed by atoms with Crippen LogP contribution in [0.15, 0.2) is 47.4 Å². The summed E-state index contributed by atoms with van der Waals surface area (Å²) in [5.41, 5.74) is 0.369. The highest BCUT2D eigenvalue weighted by atomic mass is 35.5. The Morgan fingerprint density at radius 3 is 2.52 bits per heavy atom. The van der Waals surface area contributed by atoms with E-state index in [9.17, 15) is 13.2 Å². The molecule has 0 unspecified atom stereocenters. The molecule has 1 amide bonds. The molecule has 0 saturated carbocycles. The molecule has 0 radical (unpaired) electrons. The fraction of sp³-hybridized carbons (Fsp3) is 0.133. The standard InChI is InChI=1S/C15H15ClN2O4S/c1-17-15(19)11-5-3-4-6-12(11)18-23(20,21)14-9-10(16)7-8-13(14)22-2/h3-9,18H,1-2H3,(H,17,19). The van der Waals surface area contributed by atoms with E-state index in [1.807, 2.05) is 0 Å². The van der Waals surface area contributed by atoms with E-state index in [4.69, 9.17) is 16.3 Å². The van der Waals surface area contributed by atoms with Crippen molar-refractivity contribution in [1.29, 1.82) is 0 Å². The van der Waals surface area contributed by atoms with Gasteiger partial charge in [-0.1, -0.05) is 23.7 Å². The number of amides is 1. The maximum absolute atomic E-state index is 12.6. The molecule has 2 N–H and O–H groups in total. The van der Waals surface area contributed by atoms with Crippen LogP contribution in [0.5, 0.6) is 5.75 Å². The number of ether oxygens (including phenoxy) is 1. The number of para-hydroxylation sites is 1. The van der Waals surface area contributed by atoms with Gasteiger partial charge in [-0.3, -0.25) is 9.52 Å². The molecule has 0 saturated heterocycles. The second-order valence-electron chi connectivity index (χ2n) is 4.53. The smallest absolute Gasteiger partial charge is 0.265 e. The molecule has 0 aliphatic rings. The van der Waals surface area contributed by atoms with E-state index in [1.54, 1.807) is 12.1 Å². The van der Waals surface area contributed by atoms with Gasteiger partial charge in [0.2, 0.25) is 0 Å². The van der Waals surface area contributed by atoms with Gasteiger partial charge in [-0.15, -0.1) is 0 Å². The summed E-state index contributed by atoms with van der Waals surface area (Å²) < 4.78 is 32.7. The molecule has 0 spiro atoms. The van der Waals surface area contributed by atoms with Gasteiger partial charge >= 0.3 is 0 Å². The lowest BCUT2D eigenvalue weighted by molar-refractivity contribution is 0.0964. The van der Waals surface area contributed by atoms with E-state index in [0.29, 0.717) is 0 Å². The average molecular weight is 355 g/mol. The number of carbonyl (C=O) groups is 1. The summed E-state index contributed by atoms with van der Waals surface area (Å²) in [6, 6.07) is 10.6. The molecular formula is C15H15ClN2O4S. The van der Waals surface area contributed by atoms with Crippen LogP contribution in [0, 0.1) is 0 Å². The number of rotatable bonds is 5. The van der Waals surface area contributed by atoms with Crippen LogP contribution in [0.3, 0.4) is 0 Å². The SMILES string of the molecule is CNC(=O)c1ccccc1NS(=O)(=O)c1cc(Cl)ccc1OC. The molecule has 2 rings (SSSR count). The molecule has 0 bridgehead atoms.